The number of aromatic carboxylic acids is 1. The van der Waals surface area contributed by atoms with Gasteiger partial charge in [-0.1, -0.05) is 18.2 Å². The molecule has 0 heterocycles. The summed E-state index contributed by atoms with van der Waals surface area (Å²) in [5.41, 5.74) is 5.50. The Kier molecular flexibility index (Phi) is 3.73. The van der Waals surface area contributed by atoms with Gasteiger partial charge in [0.15, 0.2) is 0 Å². The molecule has 0 aliphatic carbocycles. The molecule has 0 aromatic heterocycles. The quantitative estimate of drug-likeness (QED) is 0.711. The van der Waals surface area contributed by atoms with Crippen molar-refractivity contribution >= 4 is 28.9 Å². The Balaban J connectivity index is 3.01. The standard InChI is InChI=1S/C10H10ClFN2O2/c1-5(11)4-14-9-3-7(12)6(10(15)16)2-8(9)13/h2-3,14H,1,4,13H2,(H,15,16). The van der Waals surface area contributed by atoms with Gasteiger partial charge in [-0.05, 0) is 12.1 Å². The molecule has 0 radical (unpaired) electrons. The van der Waals surface area contributed by atoms with Crippen LogP contribution in [0, 0.1) is 5.82 Å². The zero-order valence-corrected chi connectivity index (χ0v) is 9.01. The largest absolute Gasteiger partial charge is 0.478 e. The average molecular weight is 245 g/mol. The normalized spacial score (nSPS) is 9.88. The van der Waals surface area contributed by atoms with Crippen LogP contribution in [0.1, 0.15) is 10.4 Å². The van der Waals surface area contributed by atoms with Crippen LogP contribution in [0.25, 0.3) is 0 Å². The number of halogens is 2. The smallest absolute Gasteiger partial charge is 0.338 e. The third kappa shape index (κ3) is 2.87. The molecule has 0 bridgehead atoms. The zero-order chi connectivity index (χ0) is 12.3. The first-order valence-electron chi connectivity index (χ1n) is 4.31. The van der Waals surface area contributed by atoms with Gasteiger partial charge in [0.2, 0.25) is 0 Å². The lowest BCUT2D eigenvalue weighted by Crippen LogP contribution is -2.08. The van der Waals surface area contributed by atoms with Gasteiger partial charge in [-0.2, -0.15) is 0 Å². The van der Waals surface area contributed by atoms with Crippen molar-refractivity contribution in [3.05, 3.63) is 35.1 Å². The third-order valence-corrected chi connectivity index (χ3v) is 1.97. The van der Waals surface area contributed by atoms with Crippen LogP contribution in [0.5, 0.6) is 0 Å². The highest BCUT2D eigenvalue weighted by Crippen LogP contribution is 2.23. The molecule has 0 aliphatic heterocycles. The minimum Gasteiger partial charge on any atom is -0.478 e. The van der Waals surface area contributed by atoms with E-state index in [-0.39, 0.29) is 17.9 Å². The van der Waals surface area contributed by atoms with Crippen LogP contribution in [-0.4, -0.2) is 17.6 Å². The lowest BCUT2D eigenvalue weighted by Gasteiger charge is -2.09. The minimum absolute atomic E-state index is 0.136. The molecule has 4 N–H and O–H groups in total. The molecule has 0 saturated carbocycles. The Bertz CT molecular complexity index is 449. The Morgan fingerprint density at radius 2 is 2.25 bits per heavy atom. The topological polar surface area (TPSA) is 75.3 Å². The molecule has 0 saturated heterocycles. The maximum atomic E-state index is 13.3. The van der Waals surface area contributed by atoms with Crippen molar-refractivity contribution in [2.24, 2.45) is 0 Å². The molecule has 16 heavy (non-hydrogen) atoms. The minimum atomic E-state index is -1.36. The molecule has 0 amide bonds. The third-order valence-electron chi connectivity index (χ3n) is 1.84. The fourth-order valence-corrected chi connectivity index (χ4v) is 1.16. The number of rotatable bonds is 4. The number of nitrogen functional groups attached to an aromatic ring is 1. The molecule has 0 fully saturated rings. The monoisotopic (exact) mass is 244 g/mol. The summed E-state index contributed by atoms with van der Waals surface area (Å²) in [6, 6.07) is 2.07. The highest BCUT2D eigenvalue weighted by molar-refractivity contribution is 6.29. The predicted molar refractivity (Wildman–Crippen MR) is 61.3 cm³/mol. The van der Waals surface area contributed by atoms with Crippen molar-refractivity contribution < 1.29 is 14.3 Å². The molecule has 1 aromatic rings. The van der Waals surface area contributed by atoms with Crippen LogP contribution in [0.3, 0.4) is 0 Å². The van der Waals surface area contributed by atoms with Crippen LogP contribution in [-0.2, 0) is 0 Å². The van der Waals surface area contributed by atoms with Crippen LogP contribution in [0.4, 0.5) is 15.8 Å². The number of nitrogens with two attached hydrogens (primary N) is 1. The second-order valence-corrected chi connectivity index (χ2v) is 3.63. The predicted octanol–water partition coefficient (Wildman–Crippen LogP) is 2.27. The van der Waals surface area contributed by atoms with E-state index in [1.54, 1.807) is 0 Å². The fraction of sp³-hybridized carbons (Fsp3) is 0.100. The Labute approximate surface area is 96.5 Å². The van der Waals surface area contributed by atoms with E-state index in [2.05, 4.69) is 11.9 Å². The number of carboxylic acid groups (broad SMARTS) is 1. The van der Waals surface area contributed by atoms with Gasteiger partial charge in [0.25, 0.3) is 0 Å². The maximum absolute atomic E-state index is 13.3. The second kappa shape index (κ2) is 4.85. The Morgan fingerprint density at radius 1 is 1.62 bits per heavy atom. The van der Waals surface area contributed by atoms with Gasteiger partial charge in [0.1, 0.15) is 5.82 Å². The number of nitrogens with one attached hydrogen (secondary N) is 1. The number of carbonyl (C=O) groups is 1. The van der Waals surface area contributed by atoms with E-state index in [9.17, 15) is 9.18 Å². The Morgan fingerprint density at radius 3 is 2.75 bits per heavy atom. The number of benzene rings is 1. The fourth-order valence-electron chi connectivity index (χ4n) is 1.10. The van der Waals surface area contributed by atoms with Gasteiger partial charge in [0.05, 0.1) is 23.5 Å². The summed E-state index contributed by atoms with van der Waals surface area (Å²) in [6.45, 7) is 3.66. The van der Waals surface area contributed by atoms with Crippen LogP contribution >= 0.6 is 11.6 Å². The van der Waals surface area contributed by atoms with Gasteiger partial charge in [-0.15, -0.1) is 0 Å². The maximum Gasteiger partial charge on any atom is 0.338 e. The van der Waals surface area contributed by atoms with Crippen molar-refractivity contribution in [1.29, 1.82) is 0 Å². The molecular weight excluding hydrogens is 235 g/mol. The first-order valence-corrected chi connectivity index (χ1v) is 4.69. The average Bonchev–Trinajstić information content (AvgIpc) is 2.18. The van der Waals surface area contributed by atoms with Crippen LogP contribution in [0.15, 0.2) is 23.7 Å². The molecule has 0 spiro atoms. The number of anilines is 2. The van der Waals surface area contributed by atoms with Crippen molar-refractivity contribution in [2.45, 2.75) is 0 Å². The summed E-state index contributed by atoms with van der Waals surface area (Å²) >= 11 is 5.52. The number of hydrogen-bond donors (Lipinski definition) is 3. The molecule has 0 unspecified atom stereocenters. The number of carboxylic acids is 1. The van der Waals surface area contributed by atoms with Crippen LogP contribution < -0.4 is 11.1 Å². The zero-order valence-electron chi connectivity index (χ0n) is 8.26. The molecular formula is C10H10ClFN2O2. The molecule has 1 rings (SSSR count). The Hall–Kier alpha value is -1.75. The molecule has 86 valence electrons. The van der Waals surface area contributed by atoms with Gasteiger partial charge in [-0.25, -0.2) is 9.18 Å². The van der Waals surface area contributed by atoms with Crippen molar-refractivity contribution in [1.82, 2.24) is 0 Å². The van der Waals surface area contributed by atoms with Crippen LogP contribution in [0.2, 0.25) is 0 Å². The SMILES string of the molecule is C=C(Cl)CNc1cc(F)c(C(=O)O)cc1N. The summed E-state index contributed by atoms with van der Waals surface area (Å²) in [6.07, 6.45) is 0. The van der Waals surface area contributed by atoms with E-state index in [0.717, 1.165) is 12.1 Å². The lowest BCUT2D eigenvalue weighted by molar-refractivity contribution is 0.0692. The molecule has 4 nitrogen and oxygen atoms in total. The van der Waals surface area contributed by atoms with E-state index in [1.165, 1.54) is 0 Å². The van der Waals surface area contributed by atoms with Gasteiger partial charge >= 0.3 is 5.97 Å². The van der Waals surface area contributed by atoms with E-state index in [0.29, 0.717) is 5.03 Å². The van der Waals surface area contributed by atoms with E-state index in [1.807, 2.05) is 0 Å². The summed E-state index contributed by atoms with van der Waals surface area (Å²) in [5, 5.41) is 11.7. The highest BCUT2D eigenvalue weighted by Gasteiger charge is 2.13. The van der Waals surface area contributed by atoms with Crippen molar-refractivity contribution in [2.75, 3.05) is 17.6 Å². The van der Waals surface area contributed by atoms with Gasteiger partial charge < -0.3 is 16.2 Å². The summed E-state index contributed by atoms with van der Waals surface area (Å²) in [7, 11) is 0. The van der Waals surface area contributed by atoms with Crippen molar-refractivity contribution in [3.8, 4) is 0 Å². The first-order chi connectivity index (χ1) is 7.41. The van der Waals surface area contributed by atoms with E-state index < -0.39 is 17.3 Å². The molecule has 0 aliphatic rings. The first kappa shape index (κ1) is 12.3. The molecule has 6 heteroatoms. The summed E-state index contributed by atoms with van der Waals surface area (Å²) in [4.78, 5) is 10.6. The van der Waals surface area contributed by atoms with Crippen molar-refractivity contribution in [3.63, 3.8) is 0 Å². The van der Waals surface area contributed by atoms with Gasteiger partial charge in [-0.3, -0.25) is 0 Å². The number of hydrogen-bond acceptors (Lipinski definition) is 3. The van der Waals surface area contributed by atoms with E-state index >= 15 is 0 Å². The molecule has 1 aromatic carbocycles. The summed E-state index contributed by atoms with van der Waals surface area (Å²) < 4.78 is 13.3. The van der Waals surface area contributed by atoms with E-state index in [4.69, 9.17) is 22.4 Å². The second-order valence-electron chi connectivity index (χ2n) is 3.10. The lowest BCUT2D eigenvalue weighted by atomic mass is 10.1. The molecule has 0 atom stereocenters. The summed E-state index contributed by atoms with van der Waals surface area (Å²) in [5.74, 6) is -2.22. The van der Waals surface area contributed by atoms with Gasteiger partial charge in [0, 0.05) is 5.03 Å². The highest BCUT2D eigenvalue weighted by atomic mass is 35.5.